The van der Waals surface area contributed by atoms with Gasteiger partial charge in [-0.3, -0.25) is 4.68 Å². The number of hydrogen-bond acceptors (Lipinski definition) is 4. The zero-order chi connectivity index (χ0) is 12.4. The van der Waals surface area contributed by atoms with Crippen LogP contribution in [0.2, 0.25) is 0 Å². The number of hydrogen-bond donors (Lipinski definition) is 0. The van der Waals surface area contributed by atoms with Crippen molar-refractivity contribution < 1.29 is 0 Å². The summed E-state index contributed by atoms with van der Waals surface area (Å²) in [6.07, 6.45) is 4.91. The maximum atomic E-state index is 4.38. The van der Waals surface area contributed by atoms with Crippen LogP contribution in [0.4, 0.5) is 0 Å². The summed E-state index contributed by atoms with van der Waals surface area (Å²) in [5.41, 5.74) is 2.95. The van der Waals surface area contributed by atoms with Crippen LogP contribution in [-0.2, 0) is 7.05 Å². The van der Waals surface area contributed by atoms with Crippen molar-refractivity contribution in [3.8, 4) is 22.6 Å². The smallest absolute Gasteiger partial charge is 0.162 e. The van der Waals surface area contributed by atoms with Crippen molar-refractivity contribution in [2.24, 2.45) is 7.05 Å². The zero-order valence-electron chi connectivity index (χ0n) is 9.85. The van der Waals surface area contributed by atoms with Crippen molar-refractivity contribution in [1.29, 1.82) is 0 Å². The fraction of sp³-hybridized carbons (Fsp3) is 0.0769. The molecule has 0 saturated heterocycles. The Kier molecular flexibility index (Phi) is 2.57. The summed E-state index contributed by atoms with van der Waals surface area (Å²) in [5.74, 6) is 0.669. The van der Waals surface area contributed by atoms with Crippen molar-refractivity contribution >= 4 is 0 Å². The lowest BCUT2D eigenvalue weighted by Crippen LogP contribution is -1.90. The molecule has 5 heteroatoms. The van der Waals surface area contributed by atoms with Gasteiger partial charge in [0.25, 0.3) is 0 Å². The molecule has 88 valence electrons. The summed E-state index contributed by atoms with van der Waals surface area (Å²) in [5, 5.41) is 4.38. The minimum Gasteiger partial charge on any atom is -0.275 e. The lowest BCUT2D eigenvalue weighted by molar-refractivity contribution is 0.771. The van der Waals surface area contributed by atoms with Crippen molar-refractivity contribution in [1.82, 2.24) is 24.7 Å². The number of aryl methyl sites for hydroxylation is 1. The van der Waals surface area contributed by atoms with Crippen molar-refractivity contribution in [3.05, 3.63) is 49.2 Å². The summed E-state index contributed by atoms with van der Waals surface area (Å²) in [7, 11) is 1.90. The lowest BCUT2D eigenvalue weighted by atomic mass is 10.1. The van der Waals surface area contributed by atoms with Crippen molar-refractivity contribution in [2.75, 3.05) is 0 Å². The molecule has 0 saturated carbocycles. The molecule has 0 aliphatic heterocycles. The van der Waals surface area contributed by atoms with E-state index < -0.39 is 0 Å². The average Bonchev–Trinajstić information content (AvgIpc) is 2.87. The molecule has 0 aliphatic carbocycles. The molecular weight excluding hydrogens is 226 g/mol. The molecule has 0 amide bonds. The minimum atomic E-state index is 0.669. The molecule has 0 spiro atoms. The summed E-state index contributed by atoms with van der Waals surface area (Å²) >= 11 is 0. The summed E-state index contributed by atoms with van der Waals surface area (Å²) in [6.45, 7) is 0. The second kappa shape index (κ2) is 4.37. The van der Waals surface area contributed by atoms with Crippen LogP contribution in [0.5, 0.6) is 0 Å². The van der Waals surface area contributed by atoms with Crippen LogP contribution in [0.15, 0.2) is 49.2 Å². The van der Waals surface area contributed by atoms with E-state index in [0.29, 0.717) is 5.82 Å². The molecule has 2 heterocycles. The fourth-order valence-electron chi connectivity index (χ4n) is 1.77. The first-order valence-electron chi connectivity index (χ1n) is 5.55. The highest BCUT2D eigenvalue weighted by atomic mass is 15.2. The van der Waals surface area contributed by atoms with Crippen LogP contribution in [0.25, 0.3) is 22.6 Å². The Morgan fingerprint density at radius 1 is 1.00 bits per heavy atom. The quantitative estimate of drug-likeness (QED) is 0.683. The predicted octanol–water partition coefficient (Wildman–Crippen LogP) is 1.94. The molecule has 0 fully saturated rings. The molecule has 0 aliphatic rings. The highest BCUT2D eigenvalue weighted by Gasteiger charge is 2.05. The van der Waals surface area contributed by atoms with Gasteiger partial charge in [0, 0.05) is 24.4 Å². The van der Waals surface area contributed by atoms with Crippen LogP contribution in [0.3, 0.4) is 0 Å². The molecule has 3 rings (SSSR count). The monoisotopic (exact) mass is 237 g/mol. The predicted molar refractivity (Wildman–Crippen MR) is 67.5 cm³/mol. The molecule has 0 bridgehead atoms. The SMILES string of the molecule is Cn1ccc(-c2cccc(-c3ncncn3)c2)n1. The zero-order valence-corrected chi connectivity index (χ0v) is 9.85. The van der Waals surface area contributed by atoms with Gasteiger partial charge in [0.1, 0.15) is 12.7 Å². The van der Waals surface area contributed by atoms with Crippen LogP contribution in [0.1, 0.15) is 0 Å². The Labute approximate surface area is 104 Å². The van der Waals surface area contributed by atoms with E-state index in [-0.39, 0.29) is 0 Å². The Hall–Kier alpha value is -2.56. The van der Waals surface area contributed by atoms with E-state index in [1.807, 2.05) is 43.6 Å². The molecule has 0 N–H and O–H groups in total. The van der Waals surface area contributed by atoms with Crippen LogP contribution >= 0.6 is 0 Å². The number of aromatic nitrogens is 5. The molecule has 1 aromatic carbocycles. The molecule has 0 radical (unpaired) electrons. The topological polar surface area (TPSA) is 56.5 Å². The van der Waals surface area contributed by atoms with Gasteiger partial charge in [-0.15, -0.1) is 0 Å². The minimum absolute atomic E-state index is 0.669. The van der Waals surface area contributed by atoms with Gasteiger partial charge in [-0.25, -0.2) is 15.0 Å². The highest BCUT2D eigenvalue weighted by molar-refractivity contribution is 5.67. The van der Waals surface area contributed by atoms with Crippen LogP contribution in [-0.4, -0.2) is 24.7 Å². The Bertz CT molecular complexity index is 660. The van der Waals surface area contributed by atoms with Gasteiger partial charge in [-0.05, 0) is 12.1 Å². The van der Waals surface area contributed by atoms with Gasteiger partial charge in [0.05, 0.1) is 5.69 Å². The third-order valence-corrected chi connectivity index (χ3v) is 2.62. The maximum absolute atomic E-state index is 4.38. The summed E-state index contributed by atoms with van der Waals surface area (Å²) in [6, 6.07) is 9.97. The largest absolute Gasteiger partial charge is 0.275 e. The maximum Gasteiger partial charge on any atom is 0.162 e. The number of rotatable bonds is 2. The van der Waals surface area contributed by atoms with E-state index in [2.05, 4.69) is 20.1 Å². The van der Waals surface area contributed by atoms with Gasteiger partial charge in [0.2, 0.25) is 0 Å². The average molecular weight is 237 g/mol. The summed E-state index contributed by atoms with van der Waals surface area (Å²) in [4.78, 5) is 12.1. The third-order valence-electron chi connectivity index (χ3n) is 2.62. The van der Waals surface area contributed by atoms with Gasteiger partial charge < -0.3 is 0 Å². The molecule has 18 heavy (non-hydrogen) atoms. The van der Waals surface area contributed by atoms with Gasteiger partial charge in [-0.2, -0.15) is 5.10 Å². The molecule has 5 nitrogen and oxygen atoms in total. The van der Waals surface area contributed by atoms with E-state index in [9.17, 15) is 0 Å². The van der Waals surface area contributed by atoms with E-state index in [4.69, 9.17) is 0 Å². The van der Waals surface area contributed by atoms with Crippen LogP contribution in [0, 0.1) is 0 Å². The van der Waals surface area contributed by atoms with E-state index in [0.717, 1.165) is 16.8 Å². The molecule has 3 aromatic rings. The molecular formula is C13H11N5. The lowest BCUT2D eigenvalue weighted by Gasteiger charge is -2.01. The Balaban J connectivity index is 2.05. The number of benzene rings is 1. The van der Waals surface area contributed by atoms with Gasteiger partial charge in [0.15, 0.2) is 5.82 Å². The third kappa shape index (κ3) is 1.98. The van der Waals surface area contributed by atoms with Gasteiger partial charge in [-0.1, -0.05) is 18.2 Å². The second-order valence-electron chi connectivity index (χ2n) is 3.92. The van der Waals surface area contributed by atoms with E-state index in [1.54, 1.807) is 4.68 Å². The highest BCUT2D eigenvalue weighted by Crippen LogP contribution is 2.22. The first-order valence-corrected chi connectivity index (χ1v) is 5.55. The molecule has 2 aromatic heterocycles. The van der Waals surface area contributed by atoms with Crippen LogP contribution < -0.4 is 0 Å². The van der Waals surface area contributed by atoms with E-state index >= 15 is 0 Å². The first-order chi connectivity index (χ1) is 8.83. The normalized spacial score (nSPS) is 10.5. The fourth-order valence-corrected chi connectivity index (χ4v) is 1.77. The molecule has 0 atom stereocenters. The number of nitrogens with zero attached hydrogens (tertiary/aromatic N) is 5. The summed E-state index contributed by atoms with van der Waals surface area (Å²) < 4.78 is 1.78. The van der Waals surface area contributed by atoms with Gasteiger partial charge >= 0.3 is 0 Å². The molecule has 0 unspecified atom stereocenters. The standard InChI is InChI=1S/C13H11N5/c1-18-6-5-12(17-18)10-3-2-4-11(7-10)13-15-8-14-9-16-13/h2-9H,1H3. The first kappa shape index (κ1) is 10.6. The Morgan fingerprint density at radius 2 is 1.78 bits per heavy atom. The van der Waals surface area contributed by atoms with Crippen molar-refractivity contribution in [2.45, 2.75) is 0 Å². The van der Waals surface area contributed by atoms with E-state index in [1.165, 1.54) is 12.7 Å². The van der Waals surface area contributed by atoms with Crippen molar-refractivity contribution in [3.63, 3.8) is 0 Å². The second-order valence-corrected chi connectivity index (χ2v) is 3.92. The Morgan fingerprint density at radius 3 is 2.50 bits per heavy atom.